The summed E-state index contributed by atoms with van der Waals surface area (Å²) in [5.74, 6) is -0.236. The molecule has 1 atom stereocenters. The smallest absolute Gasteiger partial charge is 0.346 e. The fourth-order valence-corrected chi connectivity index (χ4v) is 4.58. The SMILES string of the molecule is Cc1nc(CNC(=O)c2sc(-n3cnn(C(C)c4ccccc4)c3=O)nc2C)cs1. The molecule has 1 N–H and O–H groups in total. The zero-order chi connectivity index (χ0) is 21.3. The summed E-state index contributed by atoms with van der Waals surface area (Å²) in [6.45, 7) is 5.94. The van der Waals surface area contributed by atoms with Gasteiger partial charge in [0.2, 0.25) is 0 Å². The predicted octanol–water partition coefficient (Wildman–Crippen LogP) is 3.10. The Balaban J connectivity index is 1.55. The lowest BCUT2D eigenvalue weighted by Crippen LogP contribution is -2.26. The normalized spacial score (nSPS) is 12.1. The van der Waals surface area contributed by atoms with Gasteiger partial charge in [-0.25, -0.2) is 24.0 Å². The molecule has 0 spiro atoms. The maximum atomic E-state index is 12.9. The van der Waals surface area contributed by atoms with E-state index >= 15 is 0 Å². The number of benzene rings is 1. The van der Waals surface area contributed by atoms with Gasteiger partial charge in [0.15, 0.2) is 5.13 Å². The number of aryl methyl sites for hydroxylation is 2. The quantitative estimate of drug-likeness (QED) is 0.497. The van der Waals surface area contributed by atoms with Crippen LogP contribution >= 0.6 is 22.7 Å². The Labute approximate surface area is 180 Å². The second kappa shape index (κ2) is 8.33. The van der Waals surface area contributed by atoms with Crippen LogP contribution in [-0.2, 0) is 6.54 Å². The highest BCUT2D eigenvalue weighted by Crippen LogP contribution is 2.21. The lowest BCUT2D eigenvalue weighted by Gasteiger charge is -2.10. The predicted molar refractivity (Wildman–Crippen MR) is 117 cm³/mol. The number of rotatable bonds is 6. The molecule has 0 bridgehead atoms. The molecule has 0 aliphatic rings. The first-order valence-electron chi connectivity index (χ1n) is 9.32. The monoisotopic (exact) mass is 440 g/mol. The first-order chi connectivity index (χ1) is 14.4. The molecule has 4 rings (SSSR count). The Morgan fingerprint density at radius 2 is 1.97 bits per heavy atom. The van der Waals surface area contributed by atoms with Crippen LogP contribution in [0.5, 0.6) is 0 Å². The second-order valence-corrected chi connectivity index (χ2v) is 8.81. The molecule has 1 aromatic carbocycles. The van der Waals surface area contributed by atoms with E-state index in [1.807, 2.05) is 49.6 Å². The average molecular weight is 441 g/mol. The van der Waals surface area contributed by atoms with Crippen molar-refractivity contribution in [1.29, 1.82) is 0 Å². The molecule has 4 aromatic rings. The lowest BCUT2D eigenvalue weighted by molar-refractivity contribution is 0.0953. The number of carbonyl (C=O) groups is 1. The third kappa shape index (κ3) is 3.96. The van der Waals surface area contributed by atoms with E-state index in [2.05, 4.69) is 20.4 Å². The van der Waals surface area contributed by atoms with Gasteiger partial charge in [0.25, 0.3) is 5.91 Å². The van der Waals surface area contributed by atoms with Crippen molar-refractivity contribution < 1.29 is 4.79 Å². The van der Waals surface area contributed by atoms with Gasteiger partial charge in [-0.1, -0.05) is 41.7 Å². The van der Waals surface area contributed by atoms with Crippen LogP contribution in [0.25, 0.3) is 5.13 Å². The second-order valence-electron chi connectivity index (χ2n) is 6.77. The maximum Gasteiger partial charge on any atom is 0.352 e. The van der Waals surface area contributed by atoms with Crippen molar-refractivity contribution in [2.75, 3.05) is 0 Å². The molecule has 8 nitrogen and oxygen atoms in total. The van der Waals surface area contributed by atoms with Crippen LogP contribution in [0, 0.1) is 13.8 Å². The Morgan fingerprint density at radius 1 is 1.20 bits per heavy atom. The number of nitrogens with one attached hydrogen (secondary N) is 1. The number of amides is 1. The first-order valence-corrected chi connectivity index (χ1v) is 11.0. The van der Waals surface area contributed by atoms with Gasteiger partial charge in [-0.3, -0.25) is 4.79 Å². The van der Waals surface area contributed by atoms with Crippen molar-refractivity contribution in [1.82, 2.24) is 29.6 Å². The van der Waals surface area contributed by atoms with Gasteiger partial charge >= 0.3 is 5.69 Å². The van der Waals surface area contributed by atoms with E-state index in [9.17, 15) is 9.59 Å². The van der Waals surface area contributed by atoms with Crippen LogP contribution in [0.2, 0.25) is 0 Å². The van der Waals surface area contributed by atoms with Gasteiger partial charge in [0.1, 0.15) is 11.2 Å². The van der Waals surface area contributed by atoms with Crippen molar-refractivity contribution >= 4 is 28.6 Å². The number of carbonyl (C=O) groups excluding carboxylic acids is 1. The number of aromatic nitrogens is 5. The van der Waals surface area contributed by atoms with Gasteiger partial charge in [-0.05, 0) is 26.3 Å². The summed E-state index contributed by atoms with van der Waals surface area (Å²) >= 11 is 2.71. The van der Waals surface area contributed by atoms with Crippen LogP contribution in [0.3, 0.4) is 0 Å². The molecular formula is C20H20N6O2S2. The van der Waals surface area contributed by atoms with Gasteiger partial charge in [0.05, 0.1) is 29.0 Å². The van der Waals surface area contributed by atoms with E-state index in [-0.39, 0.29) is 17.6 Å². The average Bonchev–Trinajstić information content (AvgIpc) is 3.44. The number of nitrogens with zero attached hydrogens (tertiary/aromatic N) is 5. The van der Waals surface area contributed by atoms with Crippen molar-refractivity contribution in [2.24, 2.45) is 0 Å². The minimum absolute atomic E-state index is 0.217. The molecule has 30 heavy (non-hydrogen) atoms. The van der Waals surface area contributed by atoms with Crippen molar-refractivity contribution in [3.63, 3.8) is 0 Å². The van der Waals surface area contributed by atoms with Gasteiger partial charge in [-0.2, -0.15) is 5.10 Å². The Hall–Kier alpha value is -3.11. The minimum Gasteiger partial charge on any atom is -0.346 e. The Bertz CT molecular complexity index is 1240. The molecular weight excluding hydrogens is 420 g/mol. The molecule has 0 aliphatic heterocycles. The first kappa shape index (κ1) is 20.2. The highest BCUT2D eigenvalue weighted by Gasteiger charge is 2.20. The van der Waals surface area contributed by atoms with Crippen molar-refractivity contribution in [3.05, 3.63) is 79.4 Å². The molecule has 1 amide bonds. The summed E-state index contributed by atoms with van der Waals surface area (Å²) in [5.41, 5.74) is 2.07. The summed E-state index contributed by atoms with van der Waals surface area (Å²) in [6.07, 6.45) is 1.44. The molecule has 1 unspecified atom stereocenters. The van der Waals surface area contributed by atoms with E-state index in [0.29, 0.717) is 22.2 Å². The summed E-state index contributed by atoms with van der Waals surface area (Å²) < 4.78 is 2.79. The fourth-order valence-electron chi connectivity index (χ4n) is 3.02. The molecule has 3 aromatic heterocycles. The van der Waals surface area contributed by atoms with Crippen LogP contribution in [0.1, 0.15) is 44.6 Å². The molecule has 0 fully saturated rings. The van der Waals surface area contributed by atoms with Crippen LogP contribution in [0.4, 0.5) is 0 Å². The van der Waals surface area contributed by atoms with Gasteiger partial charge in [0, 0.05) is 5.38 Å². The van der Waals surface area contributed by atoms with E-state index in [4.69, 9.17) is 0 Å². The lowest BCUT2D eigenvalue weighted by atomic mass is 10.1. The molecule has 3 heterocycles. The molecule has 0 saturated carbocycles. The topological polar surface area (TPSA) is 94.7 Å². The summed E-state index contributed by atoms with van der Waals surface area (Å²) in [4.78, 5) is 34.7. The highest BCUT2D eigenvalue weighted by molar-refractivity contribution is 7.16. The van der Waals surface area contributed by atoms with Crippen LogP contribution in [0.15, 0.2) is 46.8 Å². The molecule has 154 valence electrons. The number of hydrogen-bond acceptors (Lipinski definition) is 7. The fraction of sp³-hybridized carbons (Fsp3) is 0.250. The third-order valence-corrected chi connectivity index (χ3v) is 6.61. The molecule has 10 heteroatoms. The third-order valence-electron chi connectivity index (χ3n) is 4.64. The van der Waals surface area contributed by atoms with Gasteiger partial charge in [-0.15, -0.1) is 11.3 Å². The maximum absolute atomic E-state index is 12.9. The summed E-state index contributed by atoms with van der Waals surface area (Å²) in [7, 11) is 0. The largest absolute Gasteiger partial charge is 0.352 e. The zero-order valence-electron chi connectivity index (χ0n) is 16.7. The van der Waals surface area contributed by atoms with E-state index in [0.717, 1.165) is 27.6 Å². The van der Waals surface area contributed by atoms with Crippen LogP contribution < -0.4 is 11.0 Å². The molecule has 0 aliphatic carbocycles. The van der Waals surface area contributed by atoms with E-state index in [1.165, 1.54) is 15.6 Å². The number of hydrogen-bond donors (Lipinski definition) is 1. The number of thiazole rings is 2. The van der Waals surface area contributed by atoms with E-state index in [1.54, 1.807) is 18.3 Å². The molecule has 0 saturated heterocycles. The summed E-state index contributed by atoms with van der Waals surface area (Å²) in [5, 5.41) is 10.4. The standard InChI is InChI=1S/C20H20N6O2S2/c1-12-17(18(27)21-9-16-10-29-14(3)24-16)30-19(23-12)25-11-22-26(20(25)28)13(2)15-7-5-4-6-8-15/h4-8,10-11,13H,9H2,1-3H3,(H,21,27). The van der Waals surface area contributed by atoms with Crippen molar-refractivity contribution in [2.45, 2.75) is 33.4 Å². The van der Waals surface area contributed by atoms with Crippen molar-refractivity contribution in [3.8, 4) is 5.13 Å². The molecule has 0 radical (unpaired) electrons. The summed E-state index contributed by atoms with van der Waals surface area (Å²) in [6, 6.07) is 9.47. The Kier molecular flexibility index (Phi) is 5.60. The zero-order valence-corrected chi connectivity index (χ0v) is 18.3. The van der Waals surface area contributed by atoms with E-state index < -0.39 is 0 Å². The highest BCUT2D eigenvalue weighted by atomic mass is 32.1. The van der Waals surface area contributed by atoms with Crippen LogP contribution in [-0.4, -0.2) is 30.2 Å². The Morgan fingerprint density at radius 3 is 2.67 bits per heavy atom. The van der Waals surface area contributed by atoms with Gasteiger partial charge < -0.3 is 5.32 Å². The minimum atomic E-state index is -0.301.